The summed E-state index contributed by atoms with van der Waals surface area (Å²) in [5.74, 6) is 0.809. The normalized spacial score (nSPS) is 15.4. The zero-order chi connectivity index (χ0) is 19.2. The first-order chi connectivity index (χ1) is 12.3. The fourth-order valence-corrected chi connectivity index (χ4v) is 5.06. The van der Waals surface area contributed by atoms with Crippen molar-refractivity contribution in [1.82, 2.24) is 19.8 Å². The summed E-state index contributed by atoms with van der Waals surface area (Å²) in [6.45, 7) is 7.48. The Labute approximate surface area is 186 Å². The van der Waals surface area contributed by atoms with Gasteiger partial charge in [-0.2, -0.15) is 0 Å². The number of nitrogens with one attached hydrogen (secondary N) is 2. The molecule has 1 aromatic rings. The smallest absolute Gasteiger partial charge is 0.250 e. The molecule has 8 nitrogen and oxygen atoms in total. The summed E-state index contributed by atoms with van der Waals surface area (Å²) in [6, 6.07) is 3.04. The number of piperazine rings is 1. The molecule has 1 aromatic heterocycles. The predicted molar refractivity (Wildman–Crippen MR) is 120 cm³/mol. The molecule has 1 aliphatic heterocycles. The van der Waals surface area contributed by atoms with Crippen LogP contribution in [0.5, 0.6) is 0 Å². The molecule has 154 valence electrons. The van der Waals surface area contributed by atoms with Crippen molar-refractivity contribution in [2.45, 2.75) is 18.1 Å². The van der Waals surface area contributed by atoms with Crippen molar-refractivity contribution < 1.29 is 13.2 Å². The molecule has 1 fully saturated rings. The van der Waals surface area contributed by atoms with E-state index in [2.05, 4.69) is 19.9 Å². The Balaban J connectivity index is 0.00000364. The van der Waals surface area contributed by atoms with Crippen molar-refractivity contribution in [3.63, 3.8) is 0 Å². The number of carbonyl (C=O) groups is 1. The molecule has 27 heavy (non-hydrogen) atoms. The van der Waals surface area contributed by atoms with E-state index < -0.39 is 10.0 Å². The predicted octanol–water partition coefficient (Wildman–Crippen LogP) is 1.43. The molecule has 2 N–H and O–H groups in total. The number of hydrogen-bond acceptors (Lipinski definition) is 5. The van der Waals surface area contributed by atoms with E-state index in [-0.39, 0.29) is 40.6 Å². The number of sulfonamides is 1. The molecule has 1 saturated heterocycles. The Morgan fingerprint density at radius 1 is 1.26 bits per heavy atom. The molecule has 0 aliphatic carbocycles. The highest BCUT2D eigenvalue weighted by Crippen LogP contribution is 2.25. The molecular weight excluding hydrogens is 525 g/mol. The average Bonchev–Trinajstić information content (AvgIpc) is 3.05. The Bertz CT molecular complexity index is 748. The van der Waals surface area contributed by atoms with Crippen LogP contribution in [0.3, 0.4) is 0 Å². The van der Waals surface area contributed by atoms with Gasteiger partial charge in [0.15, 0.2) is 5.96 Å². The number of rotatable bonds is 6. The van der Waals surface area contributed by atoms with E-state index in [9.17, 15) is 13.2 Å². The van der Waals surface area contributed by atoms with Crippen molar-refractivity contribution in [3.05, 3.63) is 16.5 Å². The molecule has 1 amide bonds. The minimum Gasteiger partial charge on any atom is -0.357 e. The standard InChI is InChI=1S/C15H24ClN5O3S2.HI/c1-3-17-15(21-10-8-20(9-11-21)12(2)22)18-6-7-19-26(23,24)14-5-4-13(16)25-14;/h4-5,19H,3,6-11H2,1-2H3,(H,17,18);1H. The van der Waals surface area contributed by atoms with Gasteiger partial charge in [0, 0.05) is 46.2 Å². The molecule has 2 rings (SSSR count). The Hall–Kier alpha value is -0.630. The topological polar surface area (TPSA) is 94.1 Å². The van der Waals surface area contributed by atoms with E-state index in [1.165, 1.54) is 6.07 Å². The van der Waals surface area contributed by atoms with Gasteiger partial charge in [0.25, 0.3) is 0 Å². The minimum atomic E-state index is -3.55. The number of guanidine groups is 1. The van der Waals surface area contributed by atoms with E-state index in [0.717, 1.165) is 17.3 Å². The molecule has 12 heteroatoms. The number of hydrogen-bond donors (Lipinski definition) is 2. The summed E-state index contributed by atoms with van der Waals surface area (Å²) in [5.41, 5.74) is 0. The van der Waals surface area contributed by atoms with Crippen LogP contribution in [0.15, 0.2) is 21.3 Å². The van der Waals surface area contributed by atoms with Crippen molar-refractivity contribution in [2.24, 2.45) is 4.99 Å². The van der Waals surface area contributed by atoms with Gasteiger partial charge in [0.2, 0.25) is 15.9 Å². The van der Waals surface area contributed by atoms with Crippen LogP contribution in [-0.2, 0) is 14.8 Å². The maximum absolute atomic E-state index is 12.1. The van der Waals surface area contributed by atoms with E-state index in [0.29, 0.717) is 43.6 Å². The van der Waals surface area contributed by atoms with Gasteiger partial charge in [-0.1, -0.05) is 11.6 Å². The molecule has 0 aromatic carbocycles. The quantitative estimate of drug-likeness (QED) is 0.242. The summed E-state index contributed by atoms with van der Waals surface area (Å²) < 4.78 is 27.4. The summed E-state index contributed by atoms with van der Waals surface area (Å²) in [7, 11) is -3.55. The van der Waals surface area contributed by atoms with Crippen LogP contribution in [0.1, 0.15) is 13.8 Å². The lowest BCUT2D eigenvalue weighted by Gasteiger charge is -2.36. The lowest BCUT2D eigenvalue weighted by atomic mass is 10.3. The molecule has 0 saturated carbocycles. The Morgan fingerprint density at radius 3 is 2.41 bits per heavy atom. The lowest BCUT2D eigenvalue weighted by molar-refractivity contribution is -0.130. The first-order valence-corrected chi connectivity index (χ1v) is 11.0. The maximum Gasteiger partial charge on any atom is 0.250 e. The van der Waals surface area contributed by atoms with Crippen LogP contribution >= 0.6 is 46.9 Å². The number of thiophene rings is 1. The monoisotopic (exact) mass is 549 g/mol. The van der Waals surface area contributed by atoms with Crippen LogP contribution in [0.25, 0.3) is 0 Å². The van der Waals surface area contributed by atoms with Crippen molar-refractivity contribution in [1.29, 1.82) is 0 Å². The largest absolute Gasteiger partial charge is 0.357 e. The van der Waals surface area contributed by atoms with Crippen LogP contribution in [0, 0.1) is 0 Å². The summed E-state index contributed by atoms with van der Waals surface area (Å²) >= 11 is 6.80. The van der Waals surface area contributed by atoms with Crippen LogP contribution in [-0.4, -0.2) is 75.9 Å². The zero-order valence-electron chi connectivity index (χ0n) is 15.3. The number of amides is 1. The molecule has 0 atom stereocenters. The van der Waals surface area contributed by atoms with Crippen LogP contribution in [0.4, 0.5) is 0 Å². The molecule has 2 heterocycles. The third kappa shape index (κ3) is 7.37. The van der Waals surface area contributed by atoms with E-state index >= 15 is 0 Å². The van der Waals surface area contributed by atoms with Gasteiger partial charge in [0.05, 0.1) is 10.9 Å². The SMILES string of the molecule is CCNC(=NCCNS(=O)(=O)c1ccc(Cl)s1)N1CCN(C(C)=O)CC1.I. The van der Waals surface area contributed by atoms with Gasteiger partial charge in [-0.05, 0) is 19.1 Å². The first kappa shape index (κ1) is 24.4. The van der Waals surface area contributed by atoms with Gasteiger partial charge in [-0.15, -0.1) is 35.3 Å². The van der Waals surface area contributed by atoms with Crippen LogP contribution < -0.4 is 10.0 Å². The third-order valence-corrected chi connectivity index (χ3v) is 7.02. The Morgan fingerprint density at radius 2 is 1.89 bits per heavy atom. The lowest BCUT2D eigenvalue weighted by Crippen LogP contribution is -2.53. The van der Waals surface area contributed by atoms with Gasteiger partial charge >= 0.3 is 0 Å². The fraction of sp³-hybridized carbons (Fsp3) is 0.600. The highest BCUT2D eigenvalue weighted by Gasteiger charge is 2.21. The van der Waals surface area contributed by atoms with Crippen LogP contribution in [0.2, 0.25) is 4.34 Å². The van der Waals surface area contributed by atoms with Gasteiger partial charge in [-0.25, -0.2) is 13.1 Å². The summed E-state index contributed by atoms with van der Waals surface area (Å²) in [5, 5.41) is 3.21. The minimum absolute atomic E-state index is 0. The highest BCUT2D eigenvalue weighted by molar-refractivity contribution is 14.0. The molecule has 0 radical (unpaired) electrons. The fourth-order valence-electron chi connectivity index (χ4n) is 2.51. The van der Waals surface area contributed by atoms with Crippen molar-refractivity contribution in [3.8, 4) is 0 Å². The Kier molecular flexibility index (Phi) is 10.3. The molecule has 0 bridgehead atoms. The van der Waals surface area contributed by atoms with Gasteiger partial charge < -0.3 is 15.1 Å². The van der Waals surface area contributed by atoms with Gasteiger partial charge in [-0.3, -0.25) is 9.79 Å². The number of halogens is 2. The second-order valence-electron chi connectivity index (χ2n) is 5.69. The van der Waals surface area contributed by atoms with Crippen molar-refractivity contribution >= 4 is 68.8 Å². The second-order valence-corrected chi connectivity index (χ2v) is 9.39. The molecule has 1 aliphatic rings. The van der Waals surface area contributed by atoms with Crippen molar-refractivity contribution in [2.75, 3.05) is 45.8 Å². The second kappa shape index (κ2) is 11.4. The van der Waals surface area contributed by atoms with E-state index in [1.54, 1.807) is 17.9 Å². The average molecular weight is 550 g/mol. The molecule has 0 unspecified atom stereocenters. The summed E-state index contributed by atoms with van der Waals surface area (Å²) in [6.07, 6.45) is 0. The molecule has 0 spiro atoms. The van der Waals surface area contributed by atoms with Gasteiger partial charge in [0.1, 0.15) is 4.21 Å². The summed E-state index contributed by atoms with van der Waals surface area (Å²) in [4.78, 5) is 19.8. The zero-order valence-corrected chi connectivity index (χ0v) is 20.0. The highest BCUT2D eigenvalue weighted by atomic mass is 127. The molecular formula is C15H25ClIN5O3S2. The number of carbonyl (C=O) groups excluding carboxylic acids is 1. The van der Waals surface area contributed by atoms with E-state index in [4.69, 9.17) is 11.6 Å². The number of aliphatic imine (C=N–C) groups is 1. The first-order valence-electron chi connectivity index (χ1n) is 8.37. The number of nitrogens with zero attached hydrogens (tertiary/aromatic N) is 3. The third-order valence-electron chi connectivity index (χ3n) is 3.84. The van der Waals surface area contributed by atoms with E-state index in [1.807, 2.05) is 6.92 Å². The maximum atomic E-state index is 12.1.